The Hall–Kier alpha value is -1.51. The van der Waals surface area contributed by atoms with Gasteiger partial charge in [-0.15, -0.1) is 0 Å². The maximum atomic E-state index is 13.5. The second-order valence-electron chi connectivity index (χ2n) is 4.66. The van der Waals surface area contributed by atoms with E-state index in [1.54, 1.807) is 46.9 Å². The van der Waals surface area contributed by atoms with Crippen molar-refractivity contribution < 1.29 is 23.1 Å². The topological polar surface area (TPSA) is 55.4 Å². The smallest absolute Gasteiger partial charge is 0.381 e. The first-order valence-corrected chi connectivity index (χ1v) is 8.20. The van der Waals surface area contributed by atoms with Crippen LogP contribution in [0.25, 0.3) is 0 Å². The lowest BCUT2D eigenvalue weighted by Crippen LogP contribution is -2.28. The van der Waals surface area contributed by atoms with Gasteiger partial charge in [0.1, 0.15) is 0 Å². The monoisotopic (exact) mass is 437 g/mol. The van der Waals surface area contributed by atoms with Gasteiger partial charge in [0.2, 0.25) is 0 Å². The summed E-state index contributed by atoms with van der Waals surface area (Å²) in [5.41, 5.74) is 0.548. The highest BCUT2D eigenvalue weighted by Crippen LogP contribution is 2.24. The molecule has 1 amide bonds. The molecular formula is C16H18F2INO3. The first-order valence-electron chi connectivity index (χ1n) is 7.12. The van der Waals surface area contributed by atoms with Gasteiger partial charge in [-0.1, -0.05) is 18.2 Å². The average Bonchev–Trinajstić information content (AvgIpc) is 2.52. The quantitative estimate of drug-likeness (QED) is 0.383. The predicted octanol–water partition coefficient (Wildman–Crippen LogP) is 3.71. The predicted molar refractivity (Wildman–Crippen MR) is 91.7 cm³/mol. The van der Waals surface area contributed by atoms with Crippen molar-refractivity contribution in [1.29, 1.82) is 0 Å². The van der Waals surface area contributed by atoms with Gasteiger partial charge < -0.3 is 10.1 Å². The second-order valence-corrected chi connectivity index (χ2v) is 6.05. The van der Waals surface area contributed by atoms with Crippen LogP contribution in [0.4, 0.5) is 8.78 Å². The number of hydrogen-bond donors (Lipinski definition) is 1. The summed E-state index contributed by atoms with van der Waals surface area (Å²) in [6.45, 7) is 1.74. The zero-order valence-corrected chi connectivity index (χ0v) is 14.8. The normalized spacial score (nSPS) is 11.9. The van der Waals surface area contributed by atoms with E-state index in [1.165, 1.54) is 6.92 Å². The fourth-order valence-electron chi connectivity index (χ4n) is 1.71. The molecule has 1 N–H and O–H groups in total. The Kier molecular flexibility index (Phi) is 8.15. The van der Waals surface area contributed by atoms with Gasteiger partial charge in [-0.25, -0.2) is 4.79 Å². The molecule has 0 aromatic heterocycles. The van der Waals surface area contributed by atoms with Crippen molar-refractivity contribution in [3.63, 3.8) is 0 Å². The molecule has 0 saturated heterocycles. The van der Waals surface area contributed by atoms with Crippen molar-refractivity contribution in [2.24, 2.45) is 0 Å². The molecule has 1 rings (SSSR count). The lowest BCUT2D eigenvalue weighted by atomic mass is 10.2. The van der Waals surface area contributed by atoms with E-state index in [1.807, 2.05) is 6.07 Å². The van der Waals surface area contributed by atoms with E-state index in [0.29, 0.717) is 34.6 Å². The van der Waals surface area contributed by atoms with Crippen LogP contribution < -0.4 is 5.32 Å². The summed E-state index contributed by atoms with van der Waals surface area (Å²) in [4.78, 5) is 22.9. The van der Waals surface area contributed by atoms with Crippen LogP contribution >= 0.6 is 22.6 Å². The van der Waals surface area contributed by atoms with Gasteiger partial charge in [0.25, 0.3) is 5.91 Å². The number of amides is 1. The first-order chi connectivity index (χ1) is 10.9. The van der Waals surface area contributed by atoms with Crippen LogP contribution in [-0.2, 0) is 9.53 Å². The van der Waals surface area contributed by atoms with E-state index in [9.17, 15) is 18.4 Å². The summed E-state index contributed by atoms with van der Waals surface area (Å²) in [5.74, 6) is -5.38. The van der Waals surface area contributed by atoms with Crippen molar-refractivity contribution in [3.05, 3.63) is 45.6 Å². The Balaban J connectivity index is 2.39. The fourth-order valence-corrected chi connectivity index (χ4v) is 2.48. The van der Waals surface area contributed by atoms with Crippen molar-refractivity contribution in [2.45, 2.75) is 25.7 Å². The second kappa shape index (κ2) is 9.59. The molecule has 0 unspecified atom stereocenters. The third-order valence-corrected chi connectivity index (χ3v) is 3.65. The standard InChI is InChI=1S/C16H18F2INO3/c1-2-23-15(22)16(17,18)11-13(19)9-6-10-20-14(21)12-7-4-3-5-8-12/h3-5,7-8,11H,2,6,9-10H2,1H3,(H,20,21). The molecule has 4 nitrogen and oxygen atoms in total. The van der Waals surface area contributed by atoms with E-state index in [2.05, 4.69) is 10.1 Å². The summed E-state index contributed by atoms with van der Waals surface area (Å²) in [7, 11) is 0. The third-order valence-electron chi connectivity index (χ3n) is 2.80. The van der Waals surface area contributed by atoms with E-state index >= 15 is 0 Å². The number of hydrogen-bond acceptors (Lipinski definition) is 3. The minimum absolute atomic E-state index is 0.0929. The van der Waals surface area contributed by atoms with Crippen LogP contribution in [0.5, 0.6) is 0 Å². The number of allylic oxidation sites excluding steroid dienone is 1. The van der Waals surface area contributed by atoms with Crippen LogP contribution in [0.2, 0.25) is 0 Å². The number of carbonyl (C=O) groups excluding carboxylic acids is 2. The number of carbonyl (C=O) groups is 2. The van der Waals surface area contributed by atoms with Crippen molar-refractivity contribution >= 4 is 34.5 Å². The zero-order valence-electron chi connectivity index (χ0n) is 12.7. The molecule has 0 heterocycles. The molecule has 126 valence electrons. The van der Waals surface area contributed by atoms with Gasteiger partial charge in [0.15, 0.2) is 0 Å². The molecule has 1 aromatic carbocycles. The molecule has 23 heavy (non-hydrogen) atoms. The molecule has 0 saturated carbocycles. The Labute approximate surface area is 147 Å². The van der Waals surface area contributed by atoms with Crippen molar-refractivity contribution in [3.8, 4) is 0 Å². The maximum absolute atomic E-state index is 13.5. The van der Waals surface area contributed by atoms with Gasteiger partial charge in [-0.05, 0) is 58.1 Å². The molecular weight excluding hydrogens is 419 g/mol. The Morgan fingerprint density at radius 1 is 1.30 bits per heavy atom. The number of ether oxygens (including phenoxy) is 1. The molecule has 1 aromatic rings. The van der Waals surface area contributed by atoms with Crippen molar-refractivity contribution in [1.82, 2.24) is 5.32 Å². The highest BCUT2D eigenvalue weighted by Gasteiger charge is 2.38. The first kappa shape index (κ1) is 19.5. The van der Waals surface area contributed by atoms with E-state index in [0.717, 1.165) is 0 Å². The van der Waals surface area contributed by atoms with Crippen LogP contribution in [0, 0.1) is 0 Å². The van der Waals surface area contributed by atoms with Crippen LogP contribution in [0.1, 0.15) is 30.1 Å². The van der Waals surface area contributed by atoms with E-state index < -0.39 is 11.9 Å². The number of benzene rings is 1. The summed E-state index contributed by atoms with van der Waals surface area (Å²) in [6, 6.07) is 8.72. The third kappa shape index (κ3) is 7.06. The number of esters is 1. The molecule has 0 atom stereocenters. The van der Waals surface area contributed by atoms with Gasteiger partial charge in [-0.2, -0.15) is 8.78 Å². The highest BCUT2D eigenvalue weighted by molar-refractivity contribution is 14.1. The van der Waals surface area contributed by atoms with Gasteiger partial charge in [0, 0.05) is 18.2 Å². The number of nitrogens with one attached hydrogen (secondary N) is 1. The Morgan fingerprint density at radius 2 is 1.96 bits per heavy atom. The fraction of sp³-hybridized carbons (Fsp3) is 0.375. The van der Waals surface area contributed by atoms with Crippen LogP contribution in [-0.4, -0.2) is 31.0 Å². The SMILES string of the molecule is CCOC(=O)C(F)(F)C=C(I)CCCNC(=O)c1ccccc1. The molecule has 0 fully saturated rings. The summed E-state index contributed by atoms with van der Waals surface area (Å²) in [6.07, 6.45) is 1.43. The number of rotatable bonds is 8. The summed E-state index contributed by atoms with van der Waals surface area (Å²) < 4.78 is 31.6. The zero-order chi connectivity index (χ0) is 17.3. The Bertz CT molecular complexity index is 562. The lowest BCUT2D eigenvalue weighted by Gasteiger charge is -2.11. The number of halogens is 3. The van der Waals surface area contributed by atoms with Gasteiger partial charge in [0.05, 0.1) is 6.61 Å². The largest absolute Gasteiger partial charge is 0.461 e. The summed E-state index contributed by atoms with van der Waals surface area (Å²) in [5, 5.41) is 2.71. The molecule has 0 aliphatic rings. The van der Waals surface area contributed by atoms with Crippen molar-refractivity contribution in [2.75, 3.05) is 13.2 Å². The van der Waals surface area contributed by atoms with Crippen LogP contribution in [0.15, 0.2) is 40.0 Å². The summed E-state index contributed by atoms with van der Waals surface area (Å²) >= 11 is 1.76. The molecule has 0 bridgehead atoms. The molecule has 7 heteroatoms. The van der Waals surface area contributed by atoms with E-state index in [4.69, 9.17) is 0 Å². The van der Waals surface area contributed by atoms with Crippen LogP contribution in [0.3, 0.4) is 0 Å². The number of alkyl halides is 2. The minimum Gasteiger partial charge on any atom is -0.461 e. The van der Waals surface area contributed by atoms with Gasteiger partial charge in [-0.3, -0.25) is 4.79 Å². The molecule has 0 aliphatic carbocycles. The molecule has 0 spiro atoms. The maximum Gasteiger partial charge on any atom is 0.381 e. The highest BCUT2D eigenvalue weighted by atomic mass is 127. The van der Waals surface area contributed by atoms with E-state index in [-0.39, 0.29) is 12.5 Å². The average molecular weight is 437 g/mol. The Morgan fingerprint density at radius 3 is 2.57 bits per heavy atom. The molecule has 0 aliphatic heterocycles. The molecule has 0 radical (unpaired) electrons. The minimum atomic E-state index is -3.63. The lowest BCUT2D eigenvalue weighted by molar-refractivity contribution is -0.164. The van der Waals surface area contributed by atoms with Gasteiger partial charge >= 0.3 is 11.9 Å².